The fourth-order valence-electron chi connectivity index (χ4n) is 3.93. The van der Waals surface area contributed by atoms with E-state index in [0.29, 0.717) is 51.4 Å². The van der Waals surface area contributed by atoms with Gasteiger partial charge in [0.15, 0.2) is 0 Å². The van der Waals surface area contributed by atoms with Gasteiger partial charge in [-0.2, -0.15) is 26.3 Å². The van der Waals surface area contributed by atoms with E-state index in [1.165, 1.54) is 0 Å². The second-order valence-corrected chi connectivity index (χ2v) is 10.5. The van der Waals surface area contributed by atoms with Gasteiger partial charge in [0.1, 0.15) is 0 Å². The summed E-state index contributed by atoms with van der Waals surface area (Å²) in [6, 6.07) is 0. The van der Waals surface area contributed by atoms with Gasteiger partial charge in [-0.15, -0.1) is 0 Å². The number of halogens is 6. The lowest BCUT2D eigenvalue weighted by Crippen LogP contribution is -2.47. The summed E-state index contributed by atoms with van der Waals surface area (Å²) in [7, 11) is 0. The molecule has 0 aliphatic carbocycles. The molecule has 0 aromatic heterocycles. The van der Waals surface area contributed by atoms with Crippen molar-refractivity contribution >= 4 is 11.9 Å². The van der Waals surface area contributed by atoms with Gasteiger partial charge >= 0.3 is 24.3 Å². The van der Waals surface area contributed by atoms with Crippen molar-refractivity contribution in [3.63, 3.8) is 0 Å². The molecule has 0 fully saturated rings. The largest absolute Gasteiger partial charge is 0.465 e. The van der Waals surface area contributed by atoms with Crippen molar-refractivity contribution in [2.24, 2.45) is 35.5 Å². The minimum absolute atomic E-state index is 0.226. The van der Waals surface area contributed by atoms with Crippen LogP contribution in [0.4, 0.5) is 26.3 Å². The van der Waals surface area contributed by atoms with Gasteiger partial charge in [0.25, 0.3) is 0 Å². The molecule has 0 rings (SSSR count). The molecule has 0 aliphatic heterocycles. The highest BCUT2D eigenvalue weighted by atomic mass is 19.4. The third kappa shape index (κ3) is 13.7. The molecule has 0 heterocycles. The van der Waals surface area contributed by atoms with Crippen LogP contribution < -0.4 is 0 Å². The number of esters is 2. The Morgan fingerprint density at radius 3 is 1.11 bits per heavy atom. The summed E-state index contributed by atoms with van der Waals surface area (Å²) in [4.78, 5) is 25.5. The van der Waals surface area contributed by atoms with Gasteiger partial charge in [0.05, 0.1) is 36.9 Å². The first-order chi connectivity index (χ1) is 16.5. The van der Waals surface area contributed by atoms with Crippen molar-refractivity contribution in [3.05, 3.63) is 0 Å². The van der Waals surface area contributed by atoms with E-state index in [1.807, 2.05) is 27.7 Å². The lowest BCUT2D eigenvalue weighted by molar-refractivity contribution is -0.225. The normalized spacial score (nSPS) is 16.1. The Labute approximate surface area is 211 Å². The molecule has 36 heavy (non-hydrogen) atoms. The van der Waals surface area contributed by atoms with Crippen molar-refractivity contribution < 1.29 is 45.4 Å². The second kappa shape index (κ2) is 16.4. The molecule has 4 nitrogen and oxygen atoms in total. The number of alkyl halides is 6. The van der Waals surface area contributed by atoms with E-state index in [-0.39, 0.29) is 13.2 Å². The summed E-state index contributed by atoms with van der Waals surface area (Å²) < 4.78 is 91.7. The van der Waals surface area contributed by atoms with E-state index in [9.17, 15) is 35.9 Å². The van der Waals surface area contributed by atoms with Crippen molar-refractivity contribution in [2.45, 2.75) is 105 Å². The van der Waals surface area contributed by atoms with Gasteiger partial charge in [0.2, 0.25) is 0 Å². The van der Waals surface area contributed by atoms with E-state index in [4.69, 9.17) is 9.47 Å². The second-order valence-electron chi connectivity index (χ2n) is 10.5. The number of ether oxygens (including phenoxy) is 2. The highest BCUT2D eigenvalue weighted by Crippen LogP contribution is 2.43. The maximum absolute atomic E-state index is 13.6. The van der Waals surface area contributed by atoms with Gasteiger partial charge in [-0.3, -0.25) is 9.59 Å². The van der Waals surface area contributed by atoms with Gasteiger partial charge < -0.3 is 9.47 Å². The van der Waals surface area contributed by atoms with Crippen LogP contribution in [0.15, 0.2) is 0 Å². The van der Waals surface area contributed by atoms with Gasteiger partial charge in [-0.25, -0.2) is 0 Å². The number of hydrogen-bond donors (Lipinski definition) is 0. The molecule has 0 aromatic carbocycles. The van der Waals surface area contributed by atoms with Crippen LogP contribution >= 0.6 is 0 Å². The molecule has 0 N–H and O–H groups in total. The Hall–Kier alpha value is -1.48. The van der Waals surface area contributed by atoms with Gasteiger partial charge in [0, 0.05) is 0 Å². The van der Waals surface area contributed by atoms with Gasteiger partial charge in [-0.1, -0.05) is 80.1 Å². The number of carbonyl (C=O) groups excluding carboxylic acids is 2. The molecule has 214 valence electrons. The third-order valence-electron chi connectivity index (χ3n) is 6.38. The van der Waals surface area contributed by atoms with E-state index in [2.05, 4.69) is 0 Å². The maximum atomic E-state index is 13.6. The smallest absolute Gasteiger partial charge is 0.392 e. The zero-order valence-electron chi connectivity index (χ0n) is 22.4. The van der Waals surface area contributed by atoms with Crippen LogP contribution in [0, 0.1) is 35.5 Å². The fourth-order valence-corrected chi connectivity index (χ4v) is 3.93. The van der Waals surface area contributed by atoms with Crippen molar-refractivity contribution in [1.29, 1.82) is 0 Å². The first kappa shape index (κ1) is 34.5. The van der Waals surface area contributed by atoms with Crippen LogP contribution in [0.3, 0.4) is 0 Å². The molecule has 0 amide bonds. The molecule has 0 spiro atoms. The number of unbranched alkanes of at least 4 members (excludes halogenated alkanes) is 4. The number of rotatable bonds is 17. The van der Waals surface area contributed by atoms with E-state index < -0.39 is 48.0 Å². The topological polar surface area (TPSA) is 52.6 Å². The van der Waals surface area contributed by atoms with Crippen LogP contribution in [-0.4, -0.2) is 37.5 Å². The highest BCUT2D eigenvalue weighted by Gasteiger charge is 2.56. The van der Waals surface area contributed by atoms with Crippen LogP contribution in [0.25, 0.3) is 0 Å². The maximum Gasteiger partial charge on any atom is 0.392 e. The lowest BCUT2D eigenvalue weighted by Gasteiger charge is -2.34. The van der Waals surface area contributed by atoms with Crippen LogP contribution in [0.1, 0.15) is 92.9 Å². The zero-order valence-corrected chi connectivity index (χ0v) is 22.4. The SMILES string of the molecule is CC(C)CCCCCOC(=O)C(C(C(=O)OCCCCCC(C)C)C(C)C(F)(F)F)C(C)C(F)(F)F. The minimum atomic E-state index is -5.01. The standard InChI is InChI=1S/C26H44F6O4/c1-17(2)13-9-7-11-15-35-23(33)21(19(5)25(27,28)29)22(20(6)26(30,31)32)24(34)36-16-12-8-10-14-18(3)4/h17-22H,7-16H2,1-6H3. The van der Waals surface area contributed by atoms with Crippen LogP contribution in [0.5, 0.6) is 0 Å². The molecular weight excluding hydrogens is 490 g/mol. The molecule has 0 aromatic rings. The van der Waals surface area contributed by atoms with E-state index in [1.54, 1.807) is 0 Å². The summed E-state index contributed by atoms with van der Waals surface area (Å²) in [5.41, 5.74) is 0. The monoisotopic (exact) mass is 534 g/mol. The fraction of sp³-hybridized carbons (Fsp3) is 0.923. The average Bonchev–Trinajstić information content (AvgIpc) is 2.73. The molecule has 0 saturated heterocycles. The predicted octanol–water partition coefficient (Wildman–Crippen LogP) is 8.13. The molecule has 0 saturated carbocycles. The first-order valence-corrected chi connectivity index (χ1v) is 13.0. The van der Waals surface area contributed by atoms with Crippen molar-refractivity contribution in [3.8, 4) is 0 Å². The molecule has 4 atom stereocenters. The van der Waals surface area contributed by atoms with Crippen LogP contribution in [-0.2, 0) is 19.1 Å². The summed E-state index contributed by atoms with van der Waals surface area (Å²) in [5.74, 6) is -11.8. The van der Waals surface area contributed by atoms with E-state index >= 15 is 0 Å². The average molecular weight is 535 g/mol. The summed E-state index contributed by atoms with van der Waals surface area (Å²) in [6.45, 7) is 8.90. The molecular formula is C26H44F6O4. The minimum Gasteiger partial charge on any atom is -0.465 e. The molecule has 4 unspecified atom stereocenters. The van der Waals surface area contributed by atoms with Gasteiger partial charge in [-0.05, 0) is 24.7 Å². The Balaban J connectivity index is 5.56. The predicted molar refractivity (Wildman–Crippen MR) is 126 cm³/mol. The Bertz CT molecular complexity index is 577. The Kier molecular flexibility index (Phi) is 15.7. The third-order valence-corrected chi connectivity index (χ3v) is 6.38. The van der Waals surface area contributed by atoms with Crippen molar-refractivity contribution in [2.75, 3.05) is 13.2 Å². The summed E-state index contributed by atoms with van der Waals surface area (Å²) in [5, 5.41) is 0. The Morgan fingerprint density at radius 1 is 0.556 bits per heavy atom. The Morgan fingerprint density at radius 2 is 0.861 bits per heavy atom. The highest BCUT2D eigenvalue weighted by molar-refractivity contribution is 5.82. The quantitative estimate of drug-likeness (QED) is 0.107. The number of carbonyl (C=O) groups is 2. The molecule has 0 radical (unpaired) electrons. The molecule has 0 aliphatic rings. The molecule has 10 heteroatoms. The zero-order chi connectivity index (χ0) is 28.1. The molecule has 0 bridgehead atoms. The summed E-state index contributed by atoms with van der Waals surface area (Å²) in [6.07, 6.45) is -4.46. The van der Waals surface area contributed by atoms with E-state index in [0.717, 1.165) is 25.7 Å². The first-order valence-electron chi connectivity index (χ1n) is 13.0. The summed E-state index contributed by atoms with van der Waals surface area (Å²) >= 11 is 0. The number of hydrogen-bond acceptors (Lipinski definition) is 4. The van der Waals surface area contributed by atoms with Crippen molar-refractivity contribution in [1.82, 2.24) is 0 Å². The van der Waals surface area contributed by atoms with Crippen LogP contribution in [0.2, 0.25) is 0 Å². The lowest BCUT2D eigenvalue weighted by atomic mass is 9.75.